The van der Waals surface area contributed by atoms with Crippen LogP contribution < -0.4 is 9.64 Å². The second kappa shape index (κ2) is 8.76. The number of aromatic nitrogens is 5. The van der Waals surface area contributed by atoms with Gasteiger partial charge in [-0.1, -0.05) is 13.8 Å². The lowest BCUT2D eigenvalue weighted by molar-refractivity contribution is 0.0344. The molecule has 0 saturated carbocycles. The SMILES string of the molecule is COc1cc(-c2[nH]c3cnc(N4CCN(CC(C)(C)O)CC4)c(F)c3c2C(C)C)cn2ncnc12. The predicted molar refractivity (Wildman–Crippen MR) is 134 cm³/mol. The lowest BCUT2D eigenvalue weighted by Gasteiger charge is -2.37. The van der Waals surface area contributed by atoms with E-state index in [0.29, 0.717) is 47.8 Å². The third-order valence-corrected chi connectivity index (χ3v) is 6.51. The molecule has 35 heavy (non-hydrogen) atoms. The first-order valence-electron chi connectivity index (χ1n) is 11.9. The minimum atomic E-state index is -0.754. The van der Waals surface area contributed by atoms with Gasteiger partial charge in [0.25, 0.3) is 0 Å². The molecule has 1 saturated heterocycles. The quantitative estimate of drug-likeness (QED) is 0.436. The lowest BCUT2D eigenvalue weighted by atomic mass is 9.96. The summed E-state index contributed by atoms with van der Waals surface area (Å²) in [6, 6.07) is 1.90. The summed E-state index contributed by atoms with van der Waals surface area (Å²) < 4.78 is 23.3. The van der Waals surface area contributed by atoms with E-state index in [1.165, 1.54) is 6.33 Å². The van der Waals surface area contributed by atoms with Crippen molar-refractivity contribution in [2.24, 2.45) is 0 Å². The van der Waals surface area contributed by atoms with Crippen molar-refractivity contribution >= 4 is 22.4 Å². The number of aromatic amines is 1. The third-order valence-electron chi connectivity index (χ3n) is 6.51. The molecule has 0 radical (unpaired) electrons. The van der Waals surface area contributed by atoms with Crippen molar-refractivity contribution in [3.63, 3.8) is 0 Å². The van der Waals surface area contributed by atoms with Crippen molar-refractivity contribution in [2.75, 3.05) is 44.7 Å². The van der Waals surface area contributed by atoms with Crippen LogP contribution in [-0.4, -0.2) is 80.0 Å². The summed E-state index contributed by atoms with van der Waals surface area (Å²) in [5.41, 5.74) is 3.07. The minimum Gasteiger partial charge on any atom is -0.493 e. The molecule has 0 atom stereocenters. The second-order valence-corrected chi connectivity index (χ2v) is 10.2. The zero-order valence-electron chi connectivity index (χ0n) is 20.8. The highest BCUT2D eigenvalue weighted by molar-refractivity contribution is 5.93. The van der Waals surface area contributed by atoms with Gasteiger partial charge in [0.15, 0.2) is 23.0 Å². The fourth-order valence-corrected chi connectivity index (χ4v) is 5.04. The van der Waals surface area contributed by atoms with E-state index in [1.54, 1.807) is 17.8 Å². The first-order chi connectivity index (χ1) is 16.7. The van der Waals surface area contributed by atoms with Gasteiger partial charge in [-0.2, -0.15) is 5.10 Å². The molecule has 4 aromatic rings. The third kappa shape index (κ3) is 4.32. The molecule has 9 nitrogen and oxygen atoms in total. The van der Waals surface area contributed by atoms with Gasteiger partial charge in [0.2, 0.25) is 0 Å². The van der Waals surface area contributed by atoms with Gasteiger partial charge in [-0.05, 0) is 31.4 Å². The van der Waals surface area contributed by atoms with Crippen molar-refractivity contribution in [2.45, 2.75) is 39.2 Å². The number of halogens is 1. The standard InChI is InChI=1S/C25H32FN7O2/c1-15(2)19-20-17(30-22(19)16-10-18(35-5)23-28-14-29-33(23)12-16)11-27-24(21(20)26)32-8-6-31(7-9-32)13-25(3,4)34/h10-12,14-15,30,34H,6-9,13H2,1-5H3. The summed E-state index contributed by atoms with van der Waals surface area (Å²) in [7, 11) is 1.60. The van der Waals surface area contributed by atoms with Crippen molar-refractivity contribution in [3.05, 3.63) is 36.2 Å². The van der Waals surface area contributed by atoms with E-state index in [-0.39, 0.29) is 11.7 Å². The minimum absolute atomic E-state index is 0.0598. The zero-order valence-corrected chi connectivity index (χ0v) is 20.8. The smallest absolute Gasteiger partial charge is 0.197 e. The van der Waals surface area contributed by atoms with E-state index in [4.69, 9.17) is 4.74 Å². The number of fused-ring (bicyclic) bond motifs is 2. The Labute approximate surface area is 203 Å². The van der Waals surface area contributed by atoms with Gasteiger partial charge in [0.1, 0.15) is 6.33 Å². The Morgan fingerprint density at radius 2 is 1.94 bits per heavy atom. The Bertz CT molecular complexity index is 1360. The summed E-state index contributed by atoms with van der Waals surface area (Å²) in [6.45, 7) is 11.1. The molecule has 0 bridgehead atoms. The maximum absolute atomic E-state index is 16.1. The zero-order chi connectivity index (χ0) is 24.9. The van der Waals surface area contributed by atoms with Crippen LogP contribution >= 0.6 is 0 Å². The van der Waals surface area contributed by atoms with Crippen LogP contribution in [0.2, 0.25) is 0 Å². The fourth-order valence-electron chi connectivity index (χ4n) is 5.04. The largest absolute Gasteiger partial charge is 0.493 e. The summed E-state index contributed by atoms with van der Waals surface area (Å²) in [4.78, 5) is 16.4. The summed E-state index contributed by atoms with van der Waals surface area (Å²) >= 11 is 0. The molecule has 1 aliphatic heterocycles. The highest BCUT2D eigenvalue weighted by Gasteiger charge is 2.28. The summed E-state index contributed by atoms with van der Waals surface area (Å²) in [5, 5.41) is 15.0. The molecule has 0 aromatic carbocycles. The summed E-state index contributed by atoms with van der Waals surface area (Å²) in [6.07, 6.45) is 5.07. The Kier molecular flexibility index (Phi) is 5.88. The number of H-pyrrole nitrogens is 1. The van der Waals surface area contributed by atoms with Crippen LogP contribution in [0.5, 0.6) is 5.75 Å². The number of hydrogen-bond acceptors (Lipinski definition) is 7. The Hall–Kier alpha value is -3.24. The maximum Gasteiger partial charge on any atom is 0.197 e. The monoisotopic (exact) mass is 481 g/mol. The van der Waals surface area contributed by atoms with Crippen LogP contribution in [0.15, 0.2) is 24.8 Å². The van der Waals surface area contributed by atoms with Crippen molar-refractivity contribution in [1.29, 1.82) is 0 Å². The van der Waals surface area contributed by atoms with E-state index in [9.17, 15) is 5.11 Å². The second-order valence-electron chi connectivity index (χ2n) is 10.2. The highest BCUT2D eigenvalue weighted by atomic mass is 19.1. The van der Waals surface area contributed by atoms with Gasteiger partial charge in [-0.15, -0.1) is 0 Å². The van der Waals surface area contributed by atoms with E-state index < -0.39 is 5.60 Å². The first-order valence-corrected chi connectivity index (χ1v) is 11.9. The van der Waals surface area contributed by atoms with Gasteiger partial charge in [-0.25, -0.2) is 18.9 Å². The van der Waals surface area contributed by atoms with Crippen LogP contribution in [0.3, 0.4) is 0 Å². The Morgan fingerprint density at radius 1 is 1.20 bits per heavy atom. The fraction of sp³-hybridized carbons (Fsp3) is 0.480. The number of piperazine rings is 1. The molecule has 0 spiro atoms. The molecule has 2 N–H and O–H groups in total. The average Bonchev–Trinajstić information content (AvgIpc) is 3.43. The van der Waals surface area contributed by atoms with E-state index in [2.05, 4.69) is 38.8 Å². The molecule has 0 amide bonds. The Balaban J connectivity index is 1.55. The molecule has 0 aliphatic carbocycles. The first kappa shape index (κ1) is 23.5. The van der Waals surface area contributed by atoms with Gasteiger partial charge in [0, 0.05) is 49.9 Å². The molecule has 5 rings (SSSR count). The molecule has 4 aromatic heterocycles. The number of nitrogens with zero attached hydrogens (tertiary/aromatic N) is 6. The molecule has 186 valence electrons. The van der Waals surface area contributed by atoms with Gasteiger partial charge in [-0.3, -0.25) is 4.90 Å². The molecular formula is C25H32FN7O2. The number of anilines is 1. The number of ether oxygens (including phenoxy) is 1. The van der Waals surface area contributed by atoms with Crippen LogP contribution in [0, 0.1) is 5.82 Å². The number of rotatable bonds is 6. The van der Waals surface area contributed by atoms with Crippen LogP contribution in [0.25, 0.3) is 27.8 Å². The van der Waals surface area contributed by atoms with Crippen molar-refractivity contribution in [1.82, 2.24) is 29.5 Å². The van der Waals surface area contributed by atoms with Crippen LogP contribution in [-0.2, 0) is 0 Å². The number of pyridine rings is 2. The number of methoxy groups -OCH3 is 1. The predicted octanol–water partition coefficient (Wildman–Crippen LogP) is 3.44. The van der Waals surface area contributed by atoms with Gasteiger partial charge >= 0.3 is 0 Å². The highest BCUT2D eigenvalue weighted by Crippen LogP contribution is 2.39. The van der Waals surface area contributed by atoms with Gasteiger partial charge in [0.05, 0.1) is 30.1 Å². The van der Waals surface area contributed by atoms with E-state index >= 15 is 4.39 Å². The lowest BCUT2D eigenvalue weighted by Crippen LogP contribution is -2.50. The molecule has 1 fully saturated rings. The molecule has 0 unspecified atom stereocenters. The Morgan fingerprint density at radius 3 is 2.60 bits per heavy atom. The number of hydrogen-bond donors (Lipinski definition) is 2. The summed E-state index contributed by atoms with van der Waals surface area (Å²) in [5.74, 6) is 0.719. The van der Waals surface area contributed by atoms with Crippen molar-refractivity contribution in [3.8, 4) is 17.0 Å². The van der Waals surface area contributed by atoms with E-state index in [1.807, 2.05) is 31.0 Å². The van der Waals surface area contributed by atoms with Crippen LogP contribution in [0.1, 0.15) is 39.2 Å². The van der Waals surface area contributed by atoms with E-state index in [0.717, 1.165) is 29.9 Å². The maximum atomic E-state index is 16.1. The molecule has 10 heteroatoms. The number of aliphatic hydroxyl groups is 1. The molecular weight excluding hydrogens is 449 g/mol. The van der Waals surface area contributed by atoms with Crippen molar-refractivity contribution < 1.29 is 14.2 Å². The average molecular weight is 482 g/mol. The molecule has 1 aliphatic rings. The number of β-amino-alcohol motifs (C(OH)–C–C–N with tert-alkyl or cyclic N) is 1. The normalized spacial score (nSPS) is 15.6. The van der Waals surface area contributed by atoms with Crippen LogP contribution in [0.4, 0.5) is 10.2 Å². The number of nitrogens with one attached hydrogen (secondary N) is 1. The molecule has 5 heterocycles. The topological polar surface area (TPSA) is 94.8 Å². The van der Waals surface area contributed by atoms with Gasteiger partial charge < -0.3 is 19.7 Å².